The van der Waals surface area contributed by atoms with Crippen molar-refractivity contribution < 1.29 is 8.83 Å². The zero-order valence-corrected chi connectivity index (χ0v) is 26.9. The van der Waals surface area contributed by atoms with Gasteiger partial charge in [0, 0.05) is 37.7 Å². The molecule has 3 aromatic heterocycles. The molecule has 0 N–H and O–H groups in total. The fraction of sp³-hybridized carbons (Fsp3) is 0. The molecule has 2 aliphatic rings. The van der Waals surface area contributed by atoms with Crippen LogP contribution in [-0.4, -0.2) is 11.7 Å². The van der Waals surface area contributed by atoms with E-state index in [-0.39, 0.29) is 6.71 Å². The number of fused-ring (bicyclic) bond motifs is 6. The number of furan rings is 2. The van der Waals surface area contributed by atoms with Crippen molar-refractivity contribution in [3.8, 4) is 22.3 Å². The minimum Gasteiger partial charge on any atom is -0.464 e. The second-order valence-corrected chi connectivity index (χ2v) is 13.8. The summed E-state index contributed by atoms with van der Waals surface area (Å²) in [6, 6.07) is 47.9. The first-order chi connectivity index (χ1) is 24.3. The van der Waals surface area contributed by atoms with Crippen LogP contribution in [0.25, 0.3) is 55.1 Å². The summed E-state index contributed by atoms with van der Waals surface area (Å²) in [6.45, 7) is -0.0190. The molecule has 0 saturated carbocycles. The lowest BCUT2D eigenvalue weighted by Crippen LogP contribution is -2.55. The van der Waals surface area contributed by atoms with E-state index in [1.807, 2.05) is 30.3 Å². The highest BCUT2D eigenvalue weighted by molar-refractivity contribution is 7.99. The standard InChI is InChI=1S/C43H25BN2O2S/c1-3-13-39-36(11-1)46(37-12-2-4-14-40(37)49-39)38-18-17-32(30-21-24-48-43(30)38)44-33-16-15-27(28-8-5-7-26-20-23-47-42(26)28)25-31(33)29-19-22-45-35-10-6-9-34(44)41(29)35/h1-25H. The van der Waals surface area contributed by atoms with Crippen molar-refractivity contribution in [2.24, 2.45) is 0 Å². The maximum Gasteiger partial charge on any atom is 0.243 e. The summed E-state index contributed by atoms with van der Waals surface area (Å²) in [7, 11) is 0. The van der Waals surface area contributed by atoms with E-state index < -0.39 is 0 Å². The Morgan fingerprint density at radius 3 is 2.20 bits per heavy atom. The average Bonchev–Trinajstić information content (AvgIpc) is 3.85. The lowest BCUT2D eigenvalue weighted by Gasteiger charge is -2.33. The van der Waals surface area contributed by atoms with Crippen molar-refractivity contribution in [2.75, 3.05) is 4.90 Å². The highest BCUT2D eigenvalue weighted by Gasteiger charge is 2.35. The van der Waals surface area contributed by atoms with E-state index in [1.165, 1.54) is 42.7 Å². The van der Waals surface area contributed by atoms with Crippen molar-refractivity contribution in [2.45, 2.75) is 9.79 Å². The smallest absolute Gasteiger partial charge is 0.243 e. The normalized spacial score (nSPS) is 13.1. The number of rotatable bonds is 3. The maximum atomic E-state index is 6.43. The Kier molecular flexibility index (Phi) is 5.66. The molecule has 0 aliphatic carbocycles. The minimum atomic E-state index is -0.0190. The topological polar surface area (TPSA) is 42.4 Å². The molecule has 228 valence electrons. The number of para-hydroxylation sites is 3. The minimum absolute atomic E-state index is 0.0190. The van der Waals surface area contributed by atoms with E-state index in [4.69, 9.17) is 13.8 Å². The van der Waals surface area contributed by atoms with Crippen LogP contribution in [-0.2, 0) is 0 Å². The summed E-state index contributed by atoms with van der Waals surface area (Å²) in [6.07, 6.45) is 5.53. The molecule has 4 nitrogen and oxygen atoms in total. The van der Waals surface area contributed by atoms with Crippen LogP contribution in [0, 0.1) is 0 Å². The fourth-order valence-electron chi connectivity index (χ4n) is 8.09. The van der Waals surface area contributed by atoms with Crippen molar-refractivity contribution in [3.63, 3.8) is 0 Å². The molecule has 49 heavy (non-hydrogen) atoms. The van der Waals surface area contributed by atoms with Crippen LogP contribution in [0.1, 0.15) is 0 Å². The summed E-state index contributed by atoms with van der Waals surface area (Å²) in [5.41, 5.74) is 14.5. The molecular formula is C43H25BN2O2S. The van der Waals surface area contributed by atoms with E-state index in [2.05, 4.69) is 132 Å². The SMILES string of the molecule is c1ccc2c(c1)Sc1ccccc1N2c1ccc(B2c3ccc(-c4cccc5ccoc45)cc3-c3ccnc4cccc2c34)c2ccoc12. The van der Waals surface area contributed by atoms with Crippen LogP contribution in [0.4, 0.5) is 17.1 Å². The third kappa shape index (κ3) is 3.86. The summed E-state index contributed by atoms with van der Waals surface area (Å²) in [5, 5.41) is 3.41. The Morgan fingerprint density at radius 1 is 0.551 bits per heavy atom. The molecule has 9 aromatic rings. The van der Waals surface area contributed by atoms with Gasteiger partial charge in [-0.2, -0.15) is 0 Å². The zero-order valence-electron chi connectivity index (χ0n) is 26.1. The van der Waals surface area contributed by atoms with Gasteiger partial charge >= 0.3 is 0 Å². The van der Waals surface area contributed by atoms with Gasteiger partial charge in [-0.05, 0) is 77.4 Å². The molecule has 11 rings (SSSR count). The van der Waals surface area contributed by atoms with Crippen molar-refractivity contribution in [1.29, 1.82) is 0 Å². The van der Waals surface area contributed by atoms with Gasteiger partial charge in [-0.1, -0.05) is 101 Å². The highest BCUT2D eigenvalue weighted by Crippen LogP contribution is 2.52. The van der Waals surface area contributed by atoms with Gasteiger partial charge < -0.3 is 13.7 Å². The average molecular weight is 645 g/mol. The molecule has 0 amide bonds. The van der Waals surface area contributed by atoms with E-state index in [0.717, 1.165) is 55.6 Å². The Balaban J connectivity index is 1.15. The van der Waals surface area contributed by atoms with Gasteiger partial charge in [-0.3, -0.25) is 4.98 Å². The summed E-state index contributed by atoms with van der Waals surface area (Å²) in [4.78, 5) is 9.63. The number of benzene rings is 6. The third-order valence-electron chi connectivity index (χ3n) is 10.2. The largest absolute Gasteiger partial charge is 0.464 e. The predicted octanol–water partition coefficient (Wildman–Crippen LogP) is 9.83. The van der Waals surface area contributed by atoms with E-state index in [0.29, 0.717) is 0 Å². The second kappa shape index (κ2) is 10.3. The molecule has 6 heteroatoms. The van der Waals surface area contributed by atoms with Gasteiger partial charge in [0.25, 0.3) is 0 Å². The number of anilines is 3. The monoisotopic (exact) mass is 644 g/mol. The lowest BCUT2D eigenvalue weighted by atomic mass is 9.33. The Labute approximate surface area is 286 Å². The second-order valence-electron chi connectivity index (χ2n) is 12.7. The van der Waals surface area contributed by atoms with Crippen LogP contribution in [0.5, 0.6) is 0 Å². The quantitative estimate of drug-likeness (QED) is 0.179. The fourth-order valence-corrected chi connectivity index (χ4v) is 9.15. The molecule has 6 aromatic carbocycles. The van der Waals surface area contributed by atoms with Crippen molar-refractivity contribution in [3.05, 3.63) is 152 Å². The highest BCUT2D eigenvalue weighted by atomic mass is 32.2. The van der Waals surface area contributed by atoms with Gasteiger partial charge in [0.05, 0.1) is 35.1 Å². The van der Waals surface area contributed by atoms with Crippen LogP contribution >= 0.6 is 11.8 Å². The van der Waals surface area contributed by atoms with Crippen molar-refractivity contribution in [1.82, 2.24) is 4.98 Å². The van der Waals surface area contributed by atoms with Crippen LogP contribution in [0.3, 0.4) is 0 Å². The number of pyridine rings is 1. The first-order valence-corrected chi connectivity index (χ1v) is 17.3. The Bertz CT molecular complexity index is 2750. The Morgan fingerprint density at radius 2 is 1.33 bits per heavy atom. The van der Waals surface area contributed by atoms with Gasteiger partial charge in [0.1, 0.15) is 5.58 Å². The molecule has 0 saturated heterocycles. The molecule has 0 fully saturated rings. The van der Waals surface area contributed by atoms with Crippen LogP contribution in [0.2, 0.25) is 0 Å². The summed E-state index contributed by atoms with van der Waals surface area (Å²) < 4.78 is 12.4. The lowest BCUT2D eigenvalue weighted by molar-refractivity contribution is 0.616. The predicted molar refractivity (Wildman–Crippen MR) is 202 cm³/mol. The molecule has 0 radical (unpaired) electrons. The first kappa shape index (κ1) is 27.0. The van der Waals surface area contributed by atoms with Crippen molar-refractivity contribution >= 4 is 84.8 Å². The van der Waals surface area contributed by atoms with Crippen LogP contribution in [0.15, 0.2) is 171 Å². The molecule has 0 bridgehead atoms. The number of nitrogens with zero attached hydrogens (tertiary/aromatic N) is 2. The Hall–Kier alpha value is -5.98. The van der Waals surface area contributed by atoms with E-state index in [9.17, 15) is 0 Å². The van der Waals surface area contributed by atoms with Gasteiger partial charge in [-0.15, -0.1) is 0 Å². The summed E-state index contributed by atoms with van der Waals surface area (Å²) in [5.74, 6) is 0. The molecule has 0 atom stereocenters. The molecule has 0 spiro atoms. The maximum absolute atomic E-state index is 6.43. The van der Waals surface area contributed by atoms with Gasteiger partial charge in [0.15, 0.2) is 5.58 Å². The van der Waals surface area contributed by atoms with E-state index >= 15 is 0 Å². The molecule has 0 unspecified atom stereocenters. The summed E-state index contributed by atoms with van der Waals surface area (Å²) >= 11 is 1.81. The molecule has 2 aliphatic heterocycles. The number of hydrogen-bond donors (Lipinski definition) is 0. The molecule has 5 heterocycles. The number of aromatic nitrogens is 1. The number of hydrogen-bond acceptors (Lipinski definition) is 5. The van der Waals surface area contributed by atoms with Crippen LogP contribution < -0.4 is 21.3 Å². The van der Waals surface area contributed by atoms with Gasteiger partial charge in [-0.25, -0.2) is 0 Å². The zero-order chi connectivity index (χ0) is 32.1. The first-order valence-electron chi connectivity index (χ1n) is 16.5. The van der Waals surface area contributed by atoms with Gasteiger partial charge in [0.2, 0.25) is 6.71 Å². The third-order valence-corrected chi connectivity index (χ3v) is 11.3. The van der Waals surface area contributed by atoms with E-state index in [1.54, 1.807) is 6.26 Å². The molecular weight excluding hydrogens is 619 g/mol.